The molecule has 3 nitrogen and oxygen atoms in total. The molecule has 0 aliphatic carbocycles. The molecule has 1 rings (SSSR count). The summed E-state index contributed by atoms with van der Waals surface area (Å²) in [6.45, 7) is 7.62. The van der Waals surface area contributed by atoms with Gasteiger partial charge in [0.25, 0.3) is 0 Å². The van der Waals surface area contributed by atoms with E-state index in [1.807, 2.05) is 20.8 Å². The van der Waals surface area contributed by atoms with Gasteiger partial charge in [-0.3, -0.25) is 4.79 Å². The lowest BCUT2D eigenvalue weighted by Crippen LogP contribution is -2.40. The maximum Gasteiger partial charge on any atom is 0.227 e. The van der Waals surface area contributed by atoms with Gasteiger partial charge in [-0.25, -0.2) is 4.39 Å². The van der Waals surface area contributed by atoms with Crippen LogP contribution in [0, 0.1) is 11.2 Å². The maximum atomic E-state index is 13.1. The number of amides is 1. The summed E-state index contributed by atoms with van der Waals surface area (Å²) in [6, 6.07) is 5.99. The molecular weight excluding hydrogens is 245 g/mol. The molecule has 4 heteroatoms. The standard InChI is InChI=1S/C15H22FNO2/c1-10(11-6-5-7-12(16)8-11)14(19)17-9-13(18)15(2,3)4/h5-8,10,13,18H,9H2,1-4H3,(H,17,19). The fourth-order valence-electron chi connectivity index (χ4n) is 1.58. The second-order valence-corrected chi connectivity index (χ2v) is 5.90. The van der Waals surface area contributed by atoms with Crippen LogP contribution in [0.15, 0.2) is 24.3 Å². The van der Waals surface area contributed by atoms with Crippen LogP contribution in [-0.2, 0) is 4.79 Å². The fourth-order valence-corrected chi connectivity index (χ4v) is 1.58. The van der Waals surface area contributed by atoms with E-state index in [4.69, 9.17) is 0 Å². The van der Waals surface area contributed by atoms with Crippen LogP contribution in [-0.4, -0.2) is 23.7 Å². The average Bonchev–Trinajstić information content (AvgIpc) is 2.33. The van der Waals surface area contributed by atoms with Gasteiger partial charge in [0.05, 0.1) is 12.0 Å². The second kappa shape index (κ2) is 6.15. The monoisotopic (exact) mass is 267 g/mol. The Labute approximate surface area is 113 Å². The van der Waals surface area contributed by atoms with E-state index in [0.29, 0.717) is 5.56 Å². The van der Waals surface area contributed by atoms with Crippen molar-refractivity contribution in [2.75, 3.05) is 6.54 Å². The van der Waals surface area contributed by atoms with Crippen LogP contribution in [0.5, 0.6) is 0 Å². The molecule has 0 fully saturated rings. The molecule has 0 heterocycles. The zero-order valence-corrected chi connectivity index (χ0v) is 11.9. The smallest absolute Gasteiger partial charge is 0.227 e. The minimum atomic E-state index is -0.615. The van der Waals surface area contributed by atoms with Gasteiger partial charge >= 0.3 is 0 Å². The number of aliphatic hydroxyl groups excluding tert-OH is 1. The maximum absolute atomic E-state index is 13.1. The minimum absolute atomic E-state index is 0.196. The number of carbonyl (C=O) groups is 1. The Morgan fingerprint density at radius 2 is 2.05 bits per heavy atom. The van der Waals surface area contributed by atoms with E-state index in [1.165, 1.54) is 12.1 Å². The number of halogens is 1. The first-order chi connectivity index (χ1) is 8.71. The fraction of sp³-hybridized carbons (Fsp3) is 0.533. The lowest BCUT2D eigenvalue weighted by Gasteiger charge is -2.26. The average molecular weight is 267 g/mol. The third-order valence-corrected chi connectivity index (χ3v) is 3.21. The summed E-state index contributed by atoms with van der Waals surface area (Å²) in [5.41, 5.74) is 0.345. The van der Waals surface area contributed by atoms with Crippen LogP contribution in [0.2, 0.25) is 0 Å². The number of aliphatic hydroxyl groups is 1. The number of carbonyl (C=O) groups excluding carboxylic acids is 1. The normalized spacial score (nSPS) is 14.8. The van der Waals surface area contributed by atoms with Gasteiger partial charge in [0.15, 0.2) is 0 Å². The zero-order chi connectivity index (χ0) is 14.6. The molecule has 19 heavy (non-hydrogen) atoms. The molecule has 1 aromatic carbocycles. The van der Waals surface area contributed by atoms with Gasteiger partial charge in [-0.15, -0.1) is 0 Å². The molecule has 1 aromatic rings. The van der Waals surface area contributed by atoms with E-state index >= 15 is 0 Å². The molecule has 0 saturated heterocycles. The topological polar surface area (TPSA) is 49.3 Å². The summed E-state index contributed by atoms with van der Waals surface area (Å²) in [5.74, 6) is -1.01. The van der Waals surface area contributed by atoms with Crippen LogP contribution in [0.25, 0.3) is 0 Å². The lowest BCUT2D eigenvalue weighted by molar-refractivity contribution is -0.123. The third kappa shape index (κ3) is 4.63. The van der Waals surface area contributed by atoms with E-state index in [-0.39, 0.29) is 23.7 Å². The first-order valence-electron chi connectivity index (χ1n) is 6.43. The predicted molar refractivity (Wildman–Crippen MR) is 73.3 cm³/mol. The van der Waals surface area contributed by atoms with Crippen molar-refractivity contribution < 1.29 is 14.3 Å². The van der Waals surface area contributed by atoms with Crippen LogP contribution in [0.3, 0.4) is 0 Å². The Kier molecular flexibility index (Phi) is 5.06. The number of hydrogen-bond donors (Lipinski definition) is 2. The molecule has 0 aliphatic heterocycles. The highest BCUT2D eigenvalue weighted by atomic mass is 19.1. The van der Waals surface area contributed by atoms with E-state index in [0.717, 1.165) is 0 Å². The quantitative estimate of drug-likeness (QED) is 0.880. The molecule has 106 valence electrons. The van der Waals surface area contributed by atoms with Crippen molar-refractivity contribution in [2.45, 2.75) is 39.7 Å². The molecular formula is C15H22FNO2. The SMILES string of the molecule is CC(C(=O)NCC(O)C(C)(C)C)c1cccc(F)c1. The molecule has 0 aliphatic rings. The number of rotatable bonds is 4. The van der Waals surface area contributed by atoms with Crippen LogP contribution < -0.4 is 5.32 Å². The minimum Gasteiger partial charge on any atom is -0.391 e. The predicted octanol–water partition coefficient (Wildman–Crippen LogP) is 2.45. The van der Waals surface area contributed by atoms with Crippen molar-refractivity contribution in [1.82, 2.24) is 5.32 Å². The Hall–Kier alpha value is -1.42. The van der Waals surface area contributed by atoms with Gasteiger partial charge in [-0.1, -0.05) is 32.9 Å². The summed E-state index contributed by atoms with van der Waals surface area (Å²) >= 11 is 0. The van der Waals surface area contributed by atoms with Gasteiger partial charge in [-0.2, -0.15) is 0 Å². The van der Waals surface area contributed by atoms with Gasteiger partial charge in [0.2, 0.25) is 5.91 Å². The highest BCUT2D eigenvalue weighted by molar-refractivity contribution is 5.83. The van der Waals surface area contributed by atoms with E-state index in [2.05, 4.69) is 5.32 Å². The Bertz CT molecular complexity index is 440. The van der Waals surface area contributed by atoms with Crippen LogP contribution in [0.4, 0.5) is 4.39 Å². The summed E-state index contributed by atoms with van der Waals surface area (Å²) in [4.78, 5) is 11.9. The van der Waals surface area contributed by atoms with Crippen LogP contribution in [0.1, 0.15) is 39.2 Å². The largest absolute Gasteiger partial charge is 0.391 e. The number of hydrogen-bond acceptors (Lipinski definition) is 2. The molecule has 0 spiro atoms. The highest BCUT2D eigenvalue weighted by Gasteiger charge is 2.23. The van der Waals surface area contributed by atoms with Gasteiger partial charge in [0.1, 0.15) is 5.82 Å². The second-order valence-electron chi connectivity index (χ2n) is 5.90. The molecule has 0 radical (unpaired) electrons. The van der Waals surface area contributed by atoms with Crippen molar-refractivity contribution in [3.63, 3.8) is 0 Å². The van der Waals surface area contributed by atoms with Gasteiger partial charge in [0, 0.05) is 6.54 Å². The first-order valence-corrected chi connectivity index (χ1v) is 6.43. The van der Waals surface area contributed by atoms with Crippen molar-refractivity contribution in [2.24, 2.45) is 5.41 Å². The van der Waals surface area contributed by atoms with Crippen LogP contribution >= 0.6 is 0 Å². The molecule has 0 aromatic heterocycles. The summed E-state index contributed by atoms with van der Waals surface area (Å²) in [5, 5.41) is 12.6. The van der Waals surface area contributed by atoms with Gasteiger partial charge < -0.3 is 10.4 Å². The zero-order valence-electron chi connectivity index (χ0n) is 11.9. The molecule has 2 N–H and O–H groups in total. The Morgan fingerprint density at radius 3 is 2.58 bits per heavy atom. The molecule has 0 bridgehead atoms. The third-order valence-electron chi connectivity index (χ3n) is 3.21. The molecule has 2 atom stereocenters. The molecule has 1 amide bonds. The van der Waals surface area contributed by atoms with E-state index in [9.17, 15) is 14.3 Å². The Morgan fingerprint density at radius 1 is 1.42 bits per heavy atom. The number of nitrogens with one attached hydrogen (secondary N) is 1. The van der Waals surface area contributed by atoms with Crippen molar-refractivity contribution in [3.8, 4) is 0 Å². The van der Waals surface area contributed by atoms with Gasteiger partial charge in [-0.05, 0) is 30.0 Å². The Balaban J connectivity index is 2.59. The van der Waals surface area contributed by atoms with Crippen molar-refractivity contribution in [1.29, 1.82) is 0 Å². The molecule has 0 saturated carbocycles. The number of benzene rings is 1. The van der Waals surface area contributed by atoms with E-state index < -0.39 is 12.0 Å². The van der Waals surface area contributed by atoms with Crippen molar-refractivity contribution >= 4 is 5.91 Å². The highest BCUT2D eigenvalue weighted by Crippen LogP contribution is 2.19. The summed E-state index contributed by atoms with van der Waals surface area (Å²) < 4.78 is 13.1. The molecule has 2 unspecified atom stereocenters. The first kappa shape index (κ1) is 15.6. The lowest BCUT2D eigenvalue weighted by atomic mass is 9.89. The van der Waals surface area contributed by atoms with E-state index in [1.54, 1.807) is 19.1 Å². The van der Waals surface area contributed by atoms with Crippen molar-refractivity contribution in [3.05, 3.63) is 35.6 Å². The summed E-state index contributed by atoms with van der Waals surface area (Å²) in [7, 11) is 0. The summed E-state index contributed by atoms with van der Waals surface area (Å²) in [6.07, 6.45) is -0.615.